The summed E-state index contributed by atoms with van der Waals surface area (Å²) in [5.41, 5.74) is 0.417. The molecule has 0 aromatic heterocycles. The second kappa shape index (κ2) is 6.37. The van der Waals surface area contributed by atoms with Crippen molar-refractivity contribution >= 4 is 11.9 Å². The molecule has 0 aromatic rings. The van der Waals surface area contributed by atoms with Crippen LogP contribution in [-0.2, 0) is 9.59 Å². The minimum absolute atomic E-state index is 0.0422. The van der Waals surface area contributed by atoms with E-state index in [1.54, 1.807) is 0 Å². The van der Waals surface area contributed by atoms with E-state index in [0.717, 1.165) is 25.7 Å². The van der Waals surface area contributed by atoms with Gasteiger partial charge >= 0.3 is 5.97 Å². The molecule has 2 rings (SSSR count). The van der Waals surface area contributed by atoms with E-state index in [1.807, 2.05) is 11.9 Å². The summed E-state index contributed by atoms with van der Waals surface area (Å²) in [6.07, 6.45) is 7.33. The zero-order valence-corrected chi connectivity index (χ0v) is 13.6. The van der Waals surface area contributed by atoms with Crippen molar-refractivity contribution < 1.29 is 14.7 Å². The van der Waals surface area contributed by atoms with Gasteiger partial charge in [0.1, 0.15) is 0 Å². The van der Waals surface area contributed by atoms with Gasteiger partial charge in [-0.25, -0.2) is 0 Å². The molecule has 2 saturated carbocycles. The molecule has 0 unspecified atom stereocenters. The Balaban J connectivity index is 1.85. The Labute approximate surface area is 127 Å². The van der Waals surface area contributed by atoms with Gasteiger partial charge in [0, 0.05) is 19.0 Å². The first-order valence-electron chi connectivity index (χ1n) is 8.29. The average Bonchev–Trinajstić information content (AvgIpc) is 2.46. The number of carboxylic acids is 1. The molecule has 21 heavy (non-hydrogen) atoms. The number of carbonyl (C=O) groups excluding carboxylic acids is 1. The molecule has 4 nitrogen and oxygen atoms in total. The molecule has 0 aromatic carbocycles. The van der Waals surface area contributed by atoms with Crippen LogP contribution in [0.15, 0.2) is 0 Å². The fourth-order valence-corrected chi connectivity index (χ4v) is 3.83. The highest BCUT2D eigenvalue weighted by Gasteiger charge is 2.35. The maximum atomic E-state index is 12.6. The molecule has 2 aliphatic rings. The first kappa shape index (κ1) is 16.3. The number of hydrogen-bond donors (Lipinski definition) is 1. The third kappa shape index (κ3) is 3.98. The number of aliphatic carboxylic acids is 1. The first-order valence-corrected chi connectivity index (χ1v) is 8.29. The summed E-state index contributed by atoms with van der Waals surface area (Å²) in [4.78, 5) is 25.6. The van der Waals surface area contributed by atoms with Crippen LogP contribution in [0.1, 0.15) is 65.2 Å². The molecule has 0 atom stereocenters. The molecule has 120 valence electrons. The molecular weight excluding hydrogens is 266 g/mol. The predicted octanol–water partition coefficient (Wildman–Crippen LogP) is 3.30. The molecule has 2 fully saturated rings. The summed E-state index contributed by atoms with van der Waals surface area (Å²) in [5, 5.41) is 9.03. The summed E-state index contributed by atoms with van der Waals surface area (Å²) >= 11 is 0. The smallest absolute Gasteiger partial charge is 0.306 e. The summed E-state index contributed by atoms with van der Waals surface area (Å²) in [5.74, 6) is -0.664. The Kier molecular flexibility index (Phi) is 4.95. The summed E-state index contributed by atoms with van der Waals surface area (Å²) in [6, 6.07) is 0.378. The van der Waals surface area contributed by atoms with Crippen molar-refractivity contribution in [3.05, 3.63) is 0 Å². The maximum Gasteiger partial charge on any atom is 0.306 e. The molecule has 4 heteroatoms. The van der Waals surface area contributed by atoms with Gasteiger partial charge in [-0.05, 0) is 56.8 Å². The Morgan fingerprint density at radius 2 is 1.43 bits per heavy atom. The number of carboxylic acid groups (broad SMARTS) is 1. The molecule has 2 aliphatic carbocycles. The maximum absolute atomic E-state index is 12.6. The zero-order chi connectivity index (χ0) is 15.6. The van der Waals surface area contributed by atoms with Gasteiger partial charge in [-0.15, -0.1) is 0 Å². The third-order valence-electron chi connectivity index (χ3n) is 5.63. The van der Waals surface area contributed by atoms with Gasteiger partial charge in [0.15, 0.2) is 0 Å². The van der Waals surface area contributed by atoms with E-state index in [1.165, 1.54) is 12.8 Å². The highest BCUT2D eigenvalue weighted by atomic mass is 16.4. The minimum Gasteiger partial charge on any atom is -0.481 e. The quantitative estimate of drug-likeness (QED) is 0.869. The van der Waals surface area contributed by atoms with Crippen LogP contribution in [0.4, 0.5) is 0 Å². The van der Waals surface area contributed by atoms with Crippen molar-refractivity contribution in [2.75, 3.05) is 7.05 Å². The fourth-order valence-electron chi connectivity index (χ4n) is 3.83. The molecule has 0 bridgehead atoms. The van der Waals surface area contributed by atoms with E-state index in [-0.39, 0.29) is 17.7 Å². The molecule has 1 N–H and O–H groups in total. The average molecular weight is 295 g/mol. The summed E-state index contributed by atoms with van der Waals surface area (Å²) < 4.78 is 0. The van der Waals surface area contributed by atoms with Gasteiger partial charge in [-0.2, -0.15) is 0 Å². The van der Waals surface area contributed by atoms with Crippen LogP contribution in [0.5, 0.6) is 0 Å². The van der Waals surface area contributed by atoms with Crippen molar-refractivity contribution in [3.8, 4) is 0 Å². The van der Waals surface area contributed by atoms with E-state index < -0.39 is 5.97 Å². The molecule has 0 saturated heterocycles. The van der Waals surface area contributed by atoms with E-state index in [0.29, 0.717) is 24.3 Å². The summed E-state index contributed by atoms with van der Waals surface area (Å²) in [6.45, 7) is 4.61. The van der Waals surface area contributed by atoms with E-state index in [4.69, 9.17) is 5.11 Å². The number of carbonyl (C=O) groups is 2. The third-order valence-corrected chi connectivity index (χ3v) is 5.63. The normalized spacial score (nSPS) is 29.9. The molecule has 0 aliphatic heterocycles. The van der Waals surface area contributed by atoms with Crippen LogP contribution in [-0.4, -0.2) is 35.0 Å². The Morgan fingerprint density at radius 1 is 0.952 bits per heavy atom. The lowest BCUT2D eigenvalue weighted by Gasteiger charge is -2.40. The lowest BCUT2D eigenvalue weighted by atomic mass is 9.75. The Morgan fingerprint density at radius 3 is 1.90 bits per heavy atom. The SMILES string of the molecule is CN(C(=O)C1CCC(C(=O)O)CC1)C1CCC(C)(C)CC1. The first-order chi connectivity index (χ1) is 9.80. The van der Waals surface area contributed by atoms with Crippen molar-refractivity contribution in [1.29, 1.82) is 0 Å². The number of nitrogens with zero attached hydrogens (tertiary/aromatic N) is 1. The predicted molar refractivity (Wildman–Crippen MR) is 81.9 cm³/mol. The van der Waals surface area contributed by atoms with Crippen molar-refractivity contribution in [2.24, 2.45) is 17.3 Å². The van der Waals surface area contributed by atoms with Crippen LogP contribution in [0, 0.1) is 17.3 Å². The standard InChI is InChI=1S/C17H29NO3/c1-17(2)10-8-14(9-11-17)18(3)15(19)12-4-6-13(7-5-12)16(20)21/h12-14H,4-11H2,1-3H3,(H,20,21). The monoisotopic (exact) mass is 295 g/mol. The van der Waals surface area contributed by atoms with Gasteiger partial charge < -0.3 is 10.0 Å². The second-order valence-corrected chi connectivity index (χ2v) is 7.73. The minimum atomic E-state index is -0.705. The number of hydrogen-bond acceptors (Lipinski definition) is 2. The van der Waals surface area contributed by atoms with Gasteiger partial charge in [0.2, 0.25) is 5.91 Å². The van der Waals surface area contributed by atoms with Crippen molar-refractivity contribution in [1.82, 2.24) is 4.90 Å². The van der Waals surface area contributed by atoms with Gasteiger partial charge in [-0.3, -0.25) is 9.59 Å². The fraction of sp³-hybridized carbons (Fsp3) is 0.882. The lowest BCUT2D eigenvalue weighted by Crippen LogP contribution is -2.44. The molecule has 1 amide bonds. The number of rotatable bonds is 3. The van der Waals surface area contributed by atoms with Gasteiger partial charge in [0.05, 0.1) is 5.92 Å². The zero-order valence-electron chi connectivity index (χ0n) is 13.6. The molecule has 0 radical (unpaired) electrons. The molecular formula is C17H29NO3. The van der Waals surface area contributed by atoms with Crippen molar-refractivity contribution in [2.45, 2.75) is 71.3 Å². The Bertz CT molecular complexity index is 387. The van der Waals surface area contributed by atoms with E-state index in [2.05, 4.69) is 13.8 Å². The number of amides is 1. The van der Waals surface area contributed by atoms with Crippen molar-refractivity contribution in [3.63, 3.8) is 0 Å². The summed E-state index contributed by atoms with van der Waals surface area (Å²) in [7, 11) is 1.94. The van der Waals surface area contributed by atoms with Gasteiger partial charge in [-0.1, -0.05) is 13.8 Å². The van der Waals surface area contributed by atoms with Crippen LogP contribution in [0.2, 0.25) is 0 Å². The van der Waals surface area contributed by atoms with Crippen LogP contribution in [0.3, 0.4) is 0 Å². The van der Waals surface area contributed by atoms with Gasteiger partial charge in [0.25, 0.3) is 0 Å². The molecule has 0 heterocycles. The van der Waals surface area contributed by atoms with Crippen LogP contribution in [0.25, 0.3) is 0 Å². The topological polar surface area (TPSA) is 57.6 Å². The molecule has 0 spiro atoms. The lowest BCUT2D eigenvalue weighted by molar-refractivity contribution is -0.146. The highest BCUT2D eigenvalue weighted by molar-refractivity contribution is 5.79. The van der Waals surface area contributed by atoms with E-state index in [9.17, 15) is 9.59 Å². The van der Waals surface area contributed by atoms with Crippen LogP contribution < -0.4 is 0 Å². The second-order valence-electron chi connectivity index (χ2n) is 7.73. The Hall–Kier alpha value is -1.06. The largest absolute Gasteiger partial charge is 0.481 e. The van der Waals surface area contributed by atoms with Crippen LogP contribution >= 0.6 is 0 Å². The highest BCUT2D eigenvalue weighted by Crippen LogP contribution is 2.38. The van der Waals surface area contributed by atoms with E-state index >= 15 is 0 Å².